The maximum atomic E-state index is 4.93. The fourth-order valence-corrected chi connectivity index (χ4v) is 6.09. The normalized spacial score (nSPS) is 10.5. The summed E-state index contributed by atoms with van der Waals surface area (Å²) in [7, 11) is 9.43. The van der Waals surface area contributed by atoms with Crippen molar-refractivity contribution in [1.29, 1.82) is 0 Å². The molecule has 0 N–H and O–H groups in total. The summed E-state index contributed by atoms with van der Waals surface area (Å²) in [5.74, 6) is 1.34. The van der Waals surface area contributed by atoms with Crippen LogP contribution >= 0.6 is 17.0 Å². The molecule has 0 aromatic heterocycles. The molecule has 2 aromatic rings. The molecule has 5 heteroatoms. The van der Waals surface area contributed by atoms with Gasteiger partial charge in [0.2, 0.25) is 0 Å². The molecule has 0 saturated carbocycles. The van der Waals surface area contributed by atoms with E-state index < -0.39 is 20.8 Å². The zero-order chi connectivity index (χ0) is 19.6. The minimum atomic E-state index is -0.826. The first-order chi connectivity index (χ1) is 11.6. The van der Waals surface area contributed by atoms with Crippen molar-refractivity contribution < 1.29 is 20.8 Å². The molecule has 0 saturated heterocycles. The molecule has 0 heterocycles. The molecular formula is C20H32Cl2Si2Zr. The monoisotopic (exact) mass is 488 g/mol. The van der Waals surface area contributed by atoms with E-state index in [9.17, 15) is 0 Å². The third-order valence-electron chi connectivity index (χ3n) is 4.03. The molecule has 25 heavy (non-hydrogen) atoms. The van der Waals surface area contributed by atoms with E-state index in [4.69, 9.17) is 17.0 Å². The average Bonchev–Trinajstić information content (AvgIpc) is 3.18. The predicted octanol–water partition coefficient (Wildman–Crippen LogP) is 6.36. The average molecular weight is 491 g/mol. The maximum absolute atomic E-state index is 4.93. The van der Waals surface area contributed by atoms with Crippen molar-refractivity contribution in [2.45, 2.75) is 65.7 Å². The second kappa shape index (κ2) is 13.7. The van der Waals surface area contributed by atoms with E-state index in [0.717, 1.165) is 0 Å². The summed E-state index contributed by atoms with van der Waals surface area (Å²) in [5.41, 5.74) is 2.93. The van der Waals surface area contributed by atoms with Crippen molar-refractivity contribution in [2.24, 2.45) is 0 Å². The number of rotatable bonds is 4. The van der Waals surface area contributed by atoms with Crippen LogP contribution in [0.1, 0.15) is 50.7 Å². The summed E-state index contributed by atoms with van der Waals surface area (Å²) < 4.78 is 0. The Morgan fingerprint density at radius 3 is 1.88 bits per heavy atom. The van der Waals surface area contributed by atoms with Gasteiger partial charge >= 0.3 is 37.9 Å². The summed E-state index contributed by atoms with van der Waals surface area (Å²) in [5, 5.41) is 3.32. The summed E-state index contributed by atoms with van der Waals surface area (Å²) in [6.45, 7) is 18.4. The Balaban J connectivity index is 0.000000399. The Kier molecular flexibility index (Phi) is 14.0. The fraction of sp³-hybridized carbons (Fsp3) is 0.500. The Morgan fingerprint density at radius 1 is 1.04 bits per heavy atom. The SMILES string of the molecule is CC(C)c1c[cH-]c(C(C)C)c1.C[Si](C)c1ccc[c-]1[Si](C)C.[Cl][Zr+2][Cl]. The van der Waals surface area contributed by atoms with Crippen LogP contribution in [0.4, 0.5) is 0 Å². The van der Waals surface area contributed by atoms with Gasteiger partial charge in [-0.05, 0) is 5.92 Å². The van der Waals surface area contributed by atoms with Crippen molar-refractivity contribution in [3.05, 3.63) is 47.5 Å². The fourth-order valence-electron chi connectivity index (χ4n) is 2.49. The first kappa shape index (κ1) is 25.6. The van der Waals surface area contributed by atoms with Gasteiger partial charge in [0.1, 0.15) is 0 Å². The first-order valence-electron chi connectivity index (χ1n) is 8.75. The van der Waals surface area contributed by atoms with E-state index in [1.807, 2.05) is 0 Å². The van der Waals surface area contributed by atoms with Crippen LogP contribution < -0.4 is 10.4 Å². The quantitative estimate of drug-likeness (QED) is 0.346. The van der Waals surface area contributed by atoms with E-state index in [1.165, 1.54) is 11.1 Å². The van der Waals surface area contributed by atoms with E-state index in [-0.39, 0.29) is 17.6 Å². The van der Waals surface area contributed by atoms with E-state index >= 15 is 0 Å². The van der Waals surface area contributed by atoms with Gasteiger partial charge in [0.25, 0.3) is 0 Å². The van der Waals surface area contributed by atoms with Gasteiger partial charge in [-0.25, -0.2) is 18.2 Å². The number of halogens is 2. The number of hydrogen-bond acceptors (Lipinski definition) is 0. The van der Waals surface area contributed by atoms with Crippen LogP contribution in [-0.4, -0.2) is 17.6 Å². The zero-order valence-electron chi connectivity index (χ0n) is 16.9. The second-order valence-corrected chi connectivity index (χ2v) is 16.0. The van der Waals surface area contributed by atoms with Gasteiger partial charge < -0.3 is 0 Å². The molecule has 0 unspecified atom stereocenters. The van der Waals surface area contributed by atoms with Crippen LogP contribution in [-0.2, 0) is 20.8 Å². The molecular weight excluding hydrogens is 459 g/mol. The molecule has 0 nitrogen and oxygen atoms in total. The third kappa shape index (κ3) is 9.91. The Morgan fingerprint density at radius 2 is 1.60 bits per heavy atom. The zero-order valence-corrected chi connectivity index (χ0v) is 22.8. The van der Waals surface area contributed by atoms with Gasteiger partial charge in [0.15, 0.2) is 0 Å². The Bertz CT molecular complexity index is 527. The van der Waals surface area contributed by atoms with Crippen LogP contribution in [0.2, 0.25) is 26.2 Å². The van der Waals surface area contributed by atoms with Gasteiger partial charge in [-0.3, -0.25) is 0 Å². The molecule has 0 fully saturated rings. The summed E-state index contributed by atoms with van der Waals surface area (Å²) in [4.78, 5) is 0. The molecule has 0 amide bonds. The Hall–Kier alpha value is 0.597. The van der Waals surface area contributed by atoms with Gasteiger partial charge in [-0.1, -0.05) is 59.8 Å². The molecule has 0 aliphatic rings. The van der Waals surface area contributed by atoms with Gasteiger partial charge in [0, 0.05) is 17.6 Å². The summed E-state index contributed by atoms with van der Waals surface area (Å²) >= 11 is -0.826. The van der Waals surface area contributed by atoms with Crippen LogP contribution in [0.25, 0.3) is 0 Å². The second-order valence-electron chi connectivity index (χ2n) is 7.21. The van der Waals surface area contributed by atoms with Gasteiger partial charge in [-0.2, -0.15) is 39.7 Å². The van der Waals surface area contributed by atoms with Crippen LogP contribution in [0.5, 0.6) is 0 Å². The van der Waals surface area contributed by atoms with Crippen molar-refractivity contribution in [3.8, 4) is 0 Å². The van der Waals surface area contributed by atoms with E-state index in [0.29, 0.717) is 11.8 Å². The van der Waals surface area contributed by atoms with Gasteiger partial charge in [-0.15, -0.1) is 0 Å². The van der Waals surface area contributed by atoms with Crippen molar-refractivity contribution in [2.75, 3.05) is 0 Å². The van der Waals surface area contributed by atoms with Crippen molar-refractivity contribution in [1.82, 2.24) is 0 Å². The molecule has 0 aliphatic heterocycles. The summed E-state index contributed by atoms with van der Waals surface area (Å²) in [6, 6.07) is 13.6. The summed E-state index contributed by atoms with van der Waals surface area (Å²) in [6.07, 6.45) is 0. The Labute approximate surface area is 177 Å². The predicted molar refractivity (Wildman–Crippen MR) is 118 cm³/mol. The third-order valence-corrected chi connectivity index (χ3v) is 7.30. The topological polar surface area (TPSA) is 0 Å². The van der Waals surface area contributed by atoms with E-state index in [2.05, 4.69) is 90.3 Å². The standard InChI is InChI=1S/C11H17.C9H15Si2.2ClH.Zr/c1-8(2)10-5-6-11(7-10)9(3)4;1-10(2)8-6-5-7-9(8)11(3)4;;;/h5-9H,1-4H3;5-7H,1-4H3;2*1H;/q2*-1;;;+4/p-2. The van der Waals surface area contributed by atoms with Crippen LogP contribution in [0.3, 0.4) is 0 Å². The van der Waals surface area contributed by atoms with Gasteiger partial charge in [0.05, 0.1) is 0 Å². The molecule has 0 bridgehead atoms. The molecule has 0 aliphatic carbocycles. The molecule has 2 aromatic carbocycles. The van der Waals surface area contributed by atoms with E-state index in [1.54, 1.807) is 10.4 Å². The van der Waals surface area contributed by atoms with Crippen LogP contribution in [0.15, 0.2) is 36.4 Å². The molecule has 2 rings (SSSR count). The first-order valence-corrected chi connectivity index (χ1v) is 20.1. The van der Waals surface area contributed by atoms with Crippen LogP contribution in [0, 0.1) is 0 Å². The van der Waals surface area contributed by atoms with Crippen molar-refractivity contribution in [3.63, 3.8) is 0 Å². The molecule has 2 radical (unpaired) electrons. The number of hydrogen-bond donors (Lipinski definition) is 0. The van der Waals surface area contributed by atoms with Crippen molar-refractivity contribution >= 4 is 45.0 Å². The minimum absolute atomic E-state index is 0.218. The molecule has 0 spiro atoms. The molecule has 0 atom stereocenters. The molecule has 138 valence electrons.